The average Bonchev–Trinajstić information content (AvgIpc) is 2.60. The molecule has 4 saturated carbocycles. The van der Waals surface area contributed by atoms with Crippen molar-refractivity contribution in [2.45, 2.75) is 38.5 Å². The van der Waals surface area contributed by atoms with E-state index in [9.17, 15) is 0 Å². The first kappa shape index (κ1) is 12.4. The van der Waals surface area contributed by atoms with Gasteiger partial charge in [-0.05, 0) is 56.3 Å². The van der Waals surface area contributed by atoms with Crippen molar-refractivity contribution in [1.29, 1.82) is 5.41 Å². The molecule has 0 unspecified atom stereocenters. The molecule has 0 spiro atoms. The van der Waals surface area contributed by atoms with Crippen molar-refractivity contribution in [2.75, 3.05) is 13.1 Å². The van der Waals surface area contributed by atoms with E-state index in [1.54, 1.807) is 0 Å². The number of rotatable bonds is 2. The number of nitrogens with zero attached hydrogens (tertiary/aromatic N) is 2. The maximum atomic E-state index is 7.46. The van der Waals surface area contributed by atoms with Crippen LogP contribution in [0.15, 0.2) is 5.28 Å². The maximum absolute atomic E-state index is 7.46. The van der Waals surface area contributed by atoms with Gasteiger partial charge in [-0.15, -0.1) is 0 Å². The molecule has 0 amide bonds. The Morgan fingerprint density at radius 1 is 1.17 bits per heavy atom. The van der Waals surface area contributed by atoms with Gasteiger partial charge < -0.3 is 12.4 Å². The van der Waals surface area contributed by atoms with Gasteiger partial charge in [0.05, 0.1) is 0 Å². The molecule has 100 valence electrons. The molecule has 4 bridgehead atoms. The summed E-state index contributed by atoms with van der Waals surface area (Å²) in [7, 11) is 0. The lowest BCUT2D eigenvalue weighted by atomic mass is 9.49. The molecule has 0 saturated heterocycles. The zero-order valence-electron chi connectivity index (χ0n) is 10.6. The monoisotopic (exact) mass is 269 g/mol. The summed E-state index contributed by atoms with van der Waals surface area (Å²) >= 11 is 0. The third-order valence-corrected chi connectivity index (χ3v) is 5.28. The minimum Gasteiger partial charge on any atom is -1.00 e. The highest BCUT2D eigenvalue weighted by atomic mass is 35.5. The first-order valence-corrected chi connectivity index (χ1v) is 6.91. The summed E-state index contributed by atoms with van der Waals surface area (Å²) in [5, 5.41) is 11.5. The highest BCUT2D eigenvalue weighted by molar-refractivity contribution is 5.73. The molecule has 0 atom stereocenters. The third-order valence-electron chi connectivity index (χ3n) is 5.28. The molecule has 0 aromatic heterocycles. The minimum absolute atomic E-state index is 0. The number of hydrogen-bond acceptors (Lipinski definition) is 3. The van der Waals surface area contributed by atoms with E-state index in [4.69, 9.17) is 10.2 Å². The van der Waals surface area contributed by atoms with Gasteiger partial charge in [-0.3, -0.25) is 10.2 Å². The first-order chi connectivity index (χ1) is 8.21. The molecule has 4 aliphatic carbocycles. The van der Waals surface area contributed by atoms with Crippen LogP contribution in [-0.2, 0) is 4.84 Å². The highest BCUT2D eigenvalue weighted by Gasteiger charge is 2.53. The van der Waals surface area contributed by atoms with Crippen LogP contribution in [0.25, 0.3) is 0 Å². The number of hydrogen-bond donors (Lipinski definition) is 1. The zero-order valence-corrected chi connectivity index (χ0v) is 11.3. The lowest BCUT2D eigenvalue weighted by Crippen LogP contribution is -3.00. The second-order valence-electron chi connectivity index (χ2n) is 6.84. The molecule has 5 heteroatoms. The van der Waals surface area contributed by atoms with Crippen LogP contribution in [0.2, 0.25) is 0 Å². The molecule has 1 aliphatic heterocycles. The molecule has 4 nitrogen and oxygen atoms in total. The van der Waals surface area contributed by atoms with Crippen LogP contribution in [0, 0.1) is 28.6 Å². The number of halogens is 1. The second kappa shape index (κ2) is 4.19. The molecule has 1 heterocycles. The van der Waals surface area contributed by atoms with Gasteiger partial charge in [0, 0.05) is 5.41 Å². The van der Waals surface area contributed by atoms with Crippen molar-refractivity contribution in [3.05, 3.63) is 0 Å². The van der Waals surface area contributed by atoms with Crippen LogP contribution in [-0.4, -0.2) is 23.7 Å². The second-order valence-corrected chi connectivity index (χ2v) is 6.84. The smallest absolute Gasteiger partial charge is 0.291 e. The van der Waals surface area contributed by atoms with Crippen LogP contribution in [0.5, 0.6) is 0 Å². The molecular weight excluding hydrogens is 250 g/mol. The van der Waals surface area contributed by atoms with Crippen molar-refractivity contribution >= 4 is 5.90 Å². The van der Waals surface area contributed by atoms with Crippen LogP contribution in [0.1, 0.15) is 38.5 Å². The normalized spacial score (nSPS) is 44.6. The van der Waals surface area contributed by atoms with Gasteiger partial charge in [0.2, 0.25) is 6.54 Å². The number of nitrogens with one attached hydrogen (secondary N) is 1. The van der Waals surface area contributed by atoms with Crippen molar-refractivity contribution in [3.8, 4) is 0 Å². The van der Waals surface area contributed by atoms with E-state index in [1.807, 2.05) is 4.70 Å². The van der Waals surface area contributed by atoms with Gasteiger partial charge >= 0.3 is 0 Å². The van der Waals surface area contributed by atoms with Gasteiger partial charge in [0.15, 0.2) is 11.8 Å². The molecule has 0 aromatic rings. The van der Waals surface area contributed by atoms with Crippen molar-refractivity contribution in [3.63, 3.8) is 0 Å². The van der Waals surface area contributed by atoms with Crippen molar-refractivity contribution < 1.29 is 21.9 Å². The van der Waals surface area contributed by atoms with Crippen molar-refractivity contribution in [2.24, 2.45) is 28.4 Å². The van der Waals surface area contributed by atoms with E-state index in [1.165, 1.54) is 38.5 Å². The molecule has 5 rings (SSSR count). The van der Waals surface area contributed by atoms with Crippen LogP contribution >= 0.6 is 0 Å². The van der Waals surface area contributed by atoms with E-state index in [0.29, 0.717) is 17.9 Å². The summed E-state index contributed by atoms with van der Waals surface area (Å²) in [4.78, 5) is 4.91. The summed E-state index contributed by atoms with van der Waals surface area (Å²) in [6, 6.07) is 0. The quantitative estimate of drug-likeness (QED) is 0.681. The lowest BCUT2D eigenvalue weighted by molar-refractivity contribution is -0.601. The van der Waals surface area contributed by atoms with E-state index in [0.717, 1.165) is 24.3 Å². The Labute approximate surface area is 114 Å². The minimum atomic E-state index is 0. The van der Waals surface area contributed by atoms with Crippen LogP contribution < -0.4 is 12.4 Å². The van der Waals surface area contributed by atoms with E-state index >= 15 is 0 Å². The van der Waals surface area contributed by atoms with Crippen LogP contribution in [0.4, 0.5) is 0 Å². The van der Waals surface area contributed by atoms with Gasteiger partial charge in [-0.2, -0.15) is 0 Å². The van der Waals surface area contributed by atoms with Gasteiger partial charge in [0.1, 0.15) is 0 Å². The molecule has 5 aliphatic rings. The molecule has 18 heavy (non-hydrogen) atoms. The van der Waals surface area contributed by atoms with E-state index < -0.39 is 0 Å². The first-order valence-electron chi connectivity index (χ1n) is 6.91. The SMILES string of the molecule is N=C1C[N+](CC23CC4CC(CC(C4)C2)C3)=NO1.[Cl-]. The molecule has 1 N–H and O–H groups in total. The highest BCUT2D eigenvalue weighted by Crippen LogP contribution is 2.60. The Hall–Kier alpha value is -0.640. The Kier molecular flexibility index (Phi) is 2.88. The van der Waals surface area contributed by atoms with E-state index in [-0.39, 0.29) is 12.4 Å². The van der Waals surface area contributed by atoms with Gasteiger partial charge in [-0.25, -0.2) is 0 Å². The molecule has 0 aromatic carbocycles. The Morgan fingerprint density at radius 3 is 2.17 bits per heavy atom. The summed E-state index contributed by atoms with van der Waals surface area (Å²) in [5.74, 6) is 3.27. The predicted molar refractivity (Wildman–Crippen MR) is 61.8 cm³/mol. The fourth-order valence-electron chi connectivity index (χ4n) is 5.29. The Bertz CT molecular complexity index is 372. The predicted octanol–water partition coefficient (Wildman–Crippen LogP) is -0.406. The standard InChI is InChI=1S/C13H20N3O.ClH/c14-12-7-16(15-17-12)8-13-4-9-1-10(5-13)3-11(2-9)6-13;/h9-11,14H,1-8H2;1H/q+1;/p-1. The van der Waals surface area contributed by atoms with Crippen molar-refractivity contribution in [1.82, 2.24) is 0 Å². The summed E-state index contributed by atoms with van der Waals surface area (Å²) in [6.07, 6.45) is 8.67. The fraction of sp³-hybridized carbons (Fsp3) is 0.923. The largest absolute Gasteiger partial charge is 1.00 e. The average molecular weight is 270 g/mol. The molecule has 0 radical (unpaired) electrons. The van der Waals surface area contributed by atoms with Gasteiger partial charge in [-0.1, -0.05) is 4.70 Å². The summed E-state index contributed by atoms with van der Waals surface area (Å²) in [5.41, 5.74) is 0.506. The molecular formula is C13H20ClN3O. The van der Waals surface area contributed by atoms with E-state index in [2.05, 4.69) is 5.28 Å². The summed E-state index contributed by atoms with van der Waals surface area (Å²) in [6.45, 7) is 1.61. The Balaban J connectivity index is 0.000001000. The van der Waals surface area contributed by atoms with Crippen LogP contribution in [0.3, 0.4) is 0 Å². The topological polar surface area (TPSA) is 48.5 Å². The summed E-state index contributed by atoms with van der Waals surface area (Å²) < 4.78 is 1.98. The maximum Gasteiger partial charge on any atom is 0.291 e. The lowest BCUT2D eigenvalue weighted by Gasteiger charge is -2.55. The Morgan fingerprint density at radius 2 is 1.72 bits per heavy atom. The third kappa shape index (κ3) is 1.94. The fourth-order valence-corrected chi connectivity index (χ4v) is 5.29. The zero-order chi connectivity index (χ0) is 11.5. The molecule has 4 fully saturated rings. The van der Waals surface area contributed by atoms with Gasteiger partial charge in [0.25, 0.3) is 5.90 Å².